The average molecular weight is 216 g/mol. The molecule has 0 saturated carbocycles. The minimum Gasteiger partial charge on any atom is -0.300 e. The molecule has 0 fully saturated rings. The number of rotatable bonds is 5. The van der Waals surface area contributed by atoms with Crippen molar-refractivity contribution >= 4 is 5.78 Å². The van der Waals surface area contributed by atoms with Crippen molar-refractivity contribution in [3.05, 3.63) is 34.9 Å². The molecule has 1 aromatic rings. The highest BCUT2D eigenvalue weighted by atomic mass is 16.1. The molecule has 2 rings (SSSR count). The Morgan fingerprint density at radius 1 is 1.25 bits per heavy atom. The van der Waals surface area contributed by atoms with Crippen LogP contribution in [-0.2, 0) is 24.1 Å². The Balaban J connectivity index is 1.88. The van der Waals surface area contributed by atoms with Crippen LogP contribution in [0.3, 0.4) is 0 Å². The van der Waals surface area contributed by atoms with E-state index in [1.165, 1.54) is 30.4 Å². The standard InChI is InChI=1S/C15H20O/c1-2-15(16)8-3-5-12-9-10-13-6-4-7-14(13)11-12/h9-11H,2-8H2,1H3. The van der Waals surface area contributed by atoms with Gasteiger partial charge in [-0.2, -0.15) is 0 Å². The first-order valence-corrected chi connectivity index (χ1v) is 6.42. The van der Waals surface area contributed by atoms with Crippen LogP contribution in [0.15, 0.2) is 18.2 Å². The summed E-state index contributed by atoms with van der Waals surface area (Å²) >= 11 is 0. The number of hydrogen-bond acceptors (Lipinski definition) is 1. The highest BCUT2D eigenvalue weighted by Gasteiger charge is 2.10. The van der Waals surface area contributed by atoms with E-state index in [9.17, 15) is 4.79 Å². The molecular weight excluding hydrogens is 196 g/mol. The van der Waals surface area contributed by atoms with Crippen molar-refractivity contribution in [2.24, 2.45) is 0 Å². The molecule has 0 spiro atoms. The van der Waals surface area contributed by atoms with Gasteiger partial charge in [0.1, 0.15) is 5.78 Å². The van der Waals surface area contributed by atoms with Gasteiger partial charge < -0.3 is 0 Å². The van der Waals surface area contributed by atoms with Crippen LogP contribution in [0.2, 0.25) is 0 Å². The van der Waals surface area contributed by atoms with Crippen LogP contribution in [0, 0.1) is 0 Å². The number of Topliss-reactive ketones (excluding diaryl/α,β-unsaturated/α-hetero) is 1. The second-order valence-electron chi connectivity index (χ2n) is 4.70. The molecule has 0 bridgehead atoms. The van der Waals surface area contributed by atoms with E-state index in [2.05, 4.69) is 18.2 Å². The minimum atomic E-state index is 0.390. The second kappa shape index (κ2) is 5.29. The maximum atomic E-state index is 11.2. The zero-order chi connectivity index (χ0) is 11.4. The van der Waals surface area contributed by atoms with Crippen LogP contribution < -0.4 is 0 Å². The third-order valence-electron chi connectivity index (χ3n) is 3.48. The Kier molecular flexibility index (Phi) is 3.76. The van der Waals surface area contributed by atoms with Gasteiger partial charge in [0.25, 0.3) is 0 Å². The molecule has 0 aromatic heterocycles. The molecule has 0 N–H and O–H groups in total. The largest absolute Gasteiger partial charge is 0.300 e. The van der Waals surface area contributed by atoms with E-state index in [1.807, 2.05) is 6.92 Å². The lowest BCUT2D eigenvalue weighted by Gasteiger charge is -2.04. The molecule has 0 saturated heterocycles. The average Bonchev–Trinajstić information content (AvgIpc) is 2.76. The van der Waals surface area contributed by atoms with Crippen molar-refractivity contribution in [1.82, 2.24) is 0 Å². The molecule has 0 amide bonds. The van der Waals surface area contributed by atoms with E-state index >= 15 is 0 Å². The quantitative estimate of drug-likeness (QED) is 0.736. The van der Waals surface area contributed by atoms with E-state index in [0.717, 1.165) is 19.3 Å². The fourth-order valence-corrected chi connectivity index (χ4v) is 2.45. The maximum absolute atomic E-state index is 11.2. The first-order valence-electron chi connectivity index (χ1n) is 6.42. The molecular formula is C15H20O. The molecule has 0 atom stereocenters. The van der Waals surface area contributed by atoms with Gasteiger partial charge >= 0.3 is 0 Å². The number of carbonyl (C=O) groups excluding carboxylic acids is 1. The summed E-state index contributed by atoms with van der Waals surface area (Å²) in [7, 11) is 0. The van der Waals surface area contributed by atoms with Crippen molar-refractivity contribution in [3.63, 3.8) is 0 Å². The fraction of sp³-hybridized carbons (Fsp3) is 0.533. The van der Waals surface area contributed by atoms with Crippen LogP contribution in [0.1, 0.15) is 49.3 Å². The summed E-state index contributed by atoms with van der Waals surface area (Å²) in [5.74, 6) is 0.390. The number of hydrogen-bond donors (Lipinski definition) is 0. The normalized spacial score (nSPS) is 13.8. The molecule has 1 aliphatic rings. The smallest absolute Gasteiger partial charge is 0.132 e. The third-order valence-corrected chi connectivity index (χ3v) is 3.48. The van der Waals surface area contributed by atoms with Crippen LogP contribution in [0.25, 0.3) is 0 Å². The van der Waals surface area contributed by atoms with Crippen LogP contribution in [0.4, 0.5) is 0 Å². The number of aryl methyl sites for hydroxylation is 3. The zero-order valence-electron chi connectivity index (χ0n) is 10.1. The first kappa shape index (κ1) is 11.4. The Morgan fingerprint density at radius 3 is 2.88 bits per heavy atom. The molecule has 0 heterocycles. The molecule has 16 heavy (non-hydrogen) atoms. The Hall–Kier alpha value is -1.11. The Labute approximate surface area is 97.9 Å². The third kappa shape index (κ3) is 2.72. The van der Waals surface area contributed by atoms with Crippen molar-refractivity contribution in [3.8, 4) is 0 Å². The Morgan fingerprint density at radius 2 is 2.06 bits per heavy atom. The van der Waals surface area contributed by atoms with E-state index < -0.39 is 0 Å². The van der Waals surface area contributed by atoms with Crippen LogP contribution in [0.5, 0.6) is 0 Å². The van der Waals surface area contributed by atoms with Crippen molar-refractivity contribution < 1.29 is 4.79 Å². The lowest BCUT2D eigenvalue weighted by Crippen LogP contribution is -1.96. The minimum absolute atomic E-state index is 0.390. The maximum Gasteiger partial charge on any atom is 0.132 e. The number of benzene rings is 1. The molecule has 1 heteroatoms. The zero-order valence-corrected chi connectivity index (χ0v) is 10.1. The van der Waals surface area contributed by atoms with E-state index in [0.29, 0.717) is 12.2 Å². The highest BCUT2D eigenvalue weighted by Crippen LogP contribution is 2.23. The van der Waals surface area contributed by atoms with Crippen LogP contribution >= 0.6 is 0 Å². The number of ketones is 1. The summed E-state index contributed by atoms with van der Waals surface area (Å²) < 4.78 is 0. The van der Waals surface area contributed by atoms with Gasteiger partial charge in [0.15, 0.2) is 0 Å². The van der Waals surface area contributed by atoms with Gasteiger partial charge in [0.05, 0.1) is 0 Å². The highest BCUT2D eigenvalue weighted by molar-refractivity contribution is 5.77. The van der Waals surface area contributed by atoms with Crippen LogP contribution in [-0.4, -0.2) is 5.78 Å². The molecule has 1 nitrogen and oxygen atoms in total. The number of fused-ring (bicyclic) bond motifs is 1. The van der Waals surface area contributed by atoms with Crippen molar-refractivity contribution in [1.29, 1.82) is 0 Å². The second-order valence-corrected chi connectivity index (χ2v) is 4.70. The van der Waals surface area contributed by atoms with Gasteiger partial charge in [0, 0.05) is 12.8 Å². The van der Waals surface area contributed by atoms with Gasteiger partial charge in [-0.05, 0) is 48.8 Å². The number of carbonyl (C=O) groups is 1. The topological polar surface area (TPSA) is 17.1 Å². The molecule has 1 aromatic carbocycles. The molecule has 86 valence electrons. The monoisotopic (exact) mass is 216 g/mol. The van der Waals surface area contributed by atoms with Gasteiger partial charge in [0.2, 0.25) is 0 Å². The van der Waals surface area contributed by atoms with Gasteiger partial charge in [-0.15, -0.1) is 0 Å². The molecule has 0 aliphatic heterocycles. The SMILES string of the molecule is CCC(=O)CCCc1ccc2c(c1)CCC2. The van der Waals surface area contributed by atoms with Crippen molar-refractivity contribution in [2.45, 2.75) is 51.9 Å². The lowest BCUT2D eigenvalue weighted by molar-refractivity contribution is -0.118. The summed E-state index contributed by atoms with van der Waals surface area (Å²) in [4.78, 5) is 11.2. The molecule has 1 aliphatic carbocycles. The molecule has 0 unspecified atom stereocenters. The van der Waals surface area contributed by atoms with E-state index in [4.69, 9.17) is 0 Å². The van der Waals surface area contributed by atoms with Gasteiger partial charge in [-0.1, -0.05) is 25.1 Å². The predicted octanol–water partition coefficient (Wildman–Crippen LogP) is 3.48. The van der Waals surface area contributed by atoms with Gasteiger partial charge in [-0.25, -0.2) is 0 Å². The summed E-state index contributed by atoms with van der Waals surface area (Å²) in [5.41, 5.74) is 4.48. The fourth-order valence-electron chi connectivity index (χ4n) is 2.45. The summed E-state index contributed by atoms with van der Waals surface area (Å²) in [6.07, 6.45) is 7.30. The van der Waals surface area contributed by atoms with Crippen molar-refractivity contribution in [2.75, 3.05) is 0 Å². The summed E-state index contributed by atoms with van der Waals surface area (Å²) in [6.45, 7) is 1.94. The van der Waals surface area contributed by atoms with E-state index in [1.54, 1.807) is 5.56 Å². The van der Waals surface area contributed by atoms with E-state index in [-0.39, 0.29) is 0 Å². The van der Waals surface area contributed by atoms with Gasteiger partial charge in [-0.3, -0.25) is 4.79 Å². The Bertz CT molecular complexity index is 379. The predicted molar refractivity (Wildman–Crippen MR) is 66.7 cm³/mol. The lowest BCUT2D eigenvalue weighted by atomic mass is 10.0. The first-order chi connectivity index (χ1) is 7.79. The summed E-state index contributed by atoms with van der Waals surface area (Å²) in [5, 5.41) is 0. The molecule has 0 radical (unpaired) electrons. The summed E-state index contributed by atoms with van der Waals surface area (Å²) in [6, 6.07) is 6.86.